The first kappa shape index (κ1) is 18.6. The van der Waals surface area contributed by atoms with E-state index in [4.69, 9.17) is 0 Å². The number of carbonyl (C=O) groups is 2. The molecule has 0 radical (unpaired) electrons. The number of halogens is 1. The number of anilines is 1. The third kappa shape index (κ3) is 3.98. The van der Waals surface area contributed by atoms with Crippen LogP contribution in [-0.4, -0.2) is 84.9 Å². The average Bonchev–Trinajstić information content (AvgIpc) is 2.67. The zero-order valence-electron chi connectivity index (χ0n) is 15.5. The molecule has 2 aliphatic rings. The van der Waals surface area contributed by atoms with Crippen LogP contribution in [0, 0.1) is 5.82 Å². The molecule has 6 nitrogen and oxygen atoms in total. The molecule has 0 spiro atoms. The summed E-state index contributed by atoms with van der Waals surface area (Å²) in [7, 11) is 0. The molecule has 2 fully saturated rings. The molecule has 2 saturated heterocycles. The molecule has 3 rings (SSSR count). The largest absolute Gasteiger partial charge is 0.367 e. The minimum absolute atomic E-state index is 0.0643. The van der Waals surface area contributed by atoms with Gasteiger partial charge in [-0.2, -0.15) is 0 Å². The Kier molecular flexibility index (Phi) is 5.76. The van der Waals surface area contributed by atoms with Crippen molar-refractivity contribution >= 4 is 17.5 Å². The second kappa shape index (κ2) is 8.03. The first-order chi connectivity index (χ1) is 12.5. The molecule has 0 aliphatic carbocycles. The van der Waals surface area contributed by atoms with Crippen molar-refractivity contribution < 1.29 is 14.0 Å². The third-order valence-electron chi connectivity index (χ3n) is 5.45. The fraction of sp³-hybridized carbons (Fsp3) is 0.579. The number of hydrogen-bond donors (Lipinski definition) is 0. The summed E-state index contributed by atoms with van der Waals surface area (Å²) in [4.78, 5) is 32.0. The SMILES string of the molecule is CC(=O)N1CCN(C(=O)C(C)N2CCN(c3ccccc3F)CC2)CC1. The molecule has 2 aliphatic heterocycles. The first-order valence-electron chi connectivity index (χ1n) is 9.25. The molecule has 7 heteroatoms. The Morgan fingerprint density at radius 2 is 1.50 bits per heavy atom. The van der Waals surface area contributed by atoms with Crippen molar-refractivity contribution in [2.75, 3.05) is 57.3 Å². The highest BCUT2D eigenvalue weighted by Gasteiger charge is 2.31. The van der Waals surface area contributed by atoms with E-state index in [9.17, 15) is 14.0 Å². The molecule has 2 heterocycles. The highest BCUT2D eigenvalue weighted by Crippen LogP contribution is 2.21. The second-order valence-electron chi connectivity index (χ2n) is 6.98. The zero-order valence-corrected chi connectivity index (χ0v) is 15.5. The first-order valence-corrected chi connectivity index (χ1v) is 9.25. The molecule has 2 amide bonds. The van der Waals surface area contributed by atoms with Gasteiger partial charge in [-0.15, -0.1) is 0 Å². The number of piperazine rings is 2. The normalized spacial score (nSPS) is 20.2. The van der Waals surface area contributed by atoms with E-state index >= 15 is 0 Å². The number of rotatable bonds is 3. The quantitative estimate of drug-likeness (QED) is 0.806. The molecule has 0 N–H and O–H groups in total. The van der Waals surface area contributed by atoms with E-state index in [-0.39, 0.29) is 23.7 Å². The van der Waals surface area contributed by atoms with Gasteiger partial charge in [-0.05, 0) is 19.1 Å². The summed E-state index contributed by atoms with van der Waals surface area (Å²) in [6, 6.07) is 6.63. The Bertz CT molecular complexity index is 653. The van der Waals surface area contributed by atoms with Crippen LogP contribution in [-0.2, 0) is 9.59 Å². The van der Waals surface area contributed by atoms with Crippen molar-refractivity contribution in [1.82, 2.24) is 14.7 Å². The highest BCUT2D eigenvalue weighted by molar-refractivity contribution is 5.82. The fourth-order valence-corrected chi connectivity index (χ4v) is 3.72. The molecule has 26 heavy (non-hydrogen) atoms. The molecule has 142 valence electrons. The lowest BCUT2D eigenvalue weighted by molar-refractivity contribution is -0.142. The van der Waals surface area contributed by atoms with Crippen LogP contribution in [0.15, 0.2) is 24.3 Å². The van der Waals surface area contributed by atoms with Gasteiger partial charge in [0.2, 0.25) is 11.8 Å². The van der Waals surface area contributed by atoms with Gasteiger partial charge in [-0.25, -0.2) is 4.39 Å². The maximum Gasteiger partial charge on any atom is 0.239 e. The zero-order chi connectivity index (χ0) is 18.7. The minimum Gasteiger partial charge on any atom is -0.367 e. The summed E-state index contributed by atoms with van der Waals surface area (Å²) in [5, 5.41) is 0. The van der Waals surface area contributed by atoms with Crippen LogP contribution in [0.25, 0.3) is 0 Å². The molecule has 1 aromatic rings. The van der Waals surface area contributed by atoms with Gasteiger partial charge in [0.25, 0.3) is 0 Å². The number of amides is 2. The smallest absolute Gasteiger partial charge is 0.239 e. The monoisotopic (exact) mass is 362 g/mol. The Morgan fingerprint density at radius 1 is 0.923 bits per heavy atom. The van der Waals surface area contributed by atoms with E-state index in [1.807, 2.05) is 22.8 Å². The summed E-state index contributed by atoms with van der Waals surface area (Å²) in [6.07, 6.45) is 0. The van der Waals surface area contributed by atoms with Crippen LogP contribution < -0.4 is 4.90 Å². The Labute approximate surface area is 154 Å². The van der Waals surface area contributed by atoms with E-state index in [1.54, 1.807) is 24.0 Å². The minimum atomic E-state index is -0.201. The summed E-state index contributed by atoms with van der Waals surface area (Å²) in [5.74, 6) is -0.0182. The Hall–Kier alpha value is -2.15. The standard InChI is InChI=1S/C19H27FN4O2/c1-15(19(26)24-13-9-22(10-14-24)16(2)25)21-7-11-23(12-8-21)18-6-4-3-5-17(18)20/h3-6,15H,7-14H2,1-2H3. The van der Waals surface area contributed by atoms with Crippen molar-refractivity contribution in [3.63, 3.8) is 0 Å². The van der Waals surface area contributed by atoms with Crippen LogP contribution in [0.5, 0.6) is 0 Å². The predicted octanol–water partition coefficient (Wildman–Crippen LogP) is 1.03. The van der Waals surface area contributed by atoms with Gasteiger partial charge < -0.3 is 14.7 Å². The molecular formula is C19H27FN4O2. The molecule has 1 aromatic carbocycles. The van der Waals surface area contributed by atoms with Gasteiger partial charge in [-0.3, -0.25) is 14.5 Å². The van der Waals surface area contributed by atoms with Crippen LogP contribution in [0.3, 0.4) is 0 Å². The highest BCUT2D eigenvalue weighted by atomic mass is 19.1. The van der Waals surface area contributed by atoms with Crippen molar-refractivity contribution in [1.29, 1.82) is 0 Å². The molecule has 1 atom stereocenters. The number of carbonyl (C=O) groups excluding carboxylic acids is 2. The summed E-state index contributed by atoms with van der Waals surface area (Å²) >= 11 is 0. The lowest BCUT2D eigenvalue weighted by Gasteiger charge is -2.41. The van der Waals surface area contributed by atoms with Gasteiger partial charge in [0.15, 0.2) is 0 Å². The van der Waals surface area contributed by atoms with E-state index in [1.165, 1.54) is 6.07 Å². The second-order valence-corrected chi connectivity index (χ2v) is 6.98. The third-order valence-corrected chi connectivity index (χ3v) is 5.45. The lowest BCUT2D eigenvalue weighted by Crippen LogP contribution is -2.57. The molecule has 0 aromatic heterocycles. The summed E-state index contributed by atoms with van der Waals surface area (Å²) in [6.45, 7) is 8.78. The summed E-state index contributed by atoms with van der Waals surface area (Å²) < 4.78 is 13.9. The van der Waals surface area contributed by atoms with Crippen molar-refractivity contribution in [3.05, 3.63) is 30.1 Å². The Balaban J connectivity index is 1.52. The van der Waals surface area contributed by atoms with Crippen molar-refractivity contribution in [2.24, 2.45) is 0 Å². The van der Waals surface area contributed by atoms with Gasteiger partial charge >= 0.3 is 0 Å². The predicted molar refractivity (Wildman–Crippen MR) is 98.5 cm³/mol. The van der Waals surface area contributed by atoms with E-state index in [0.717, 1.165) is 13.1 Å². The number of hydrogen-bond acceptors (Lipinski definition) is 4. The molecular weight excluding hydrogens is 335 g/mol. The van der Waals surface area contributed by atoms with E-state index in [0.29, 0.717) is 45.0 Å². The number of nitrogens with zero attached hydrogens (tertiary/aromatic N) is 4. The van der Waals surface area contributed by atoms with Crippen LogP contribution in [0.4, 0.5) is 10.1 Å². The van der Waals surface area contributed by atoms with Gasteiger partial charge in [0.05, 0.1) is 11.7 Å². The number of para-hydroxylation sites is 1. The van der Waals surface area contributed by atoms with Crippen molar-refractivity contribution in [2.45, 2.75) is 19.9 Å². The van der Waals surface area contributed by atoms with Crippen LogP contribution in [0.1, 0.15) is 13.8 Å². The van der Waals surface area contributed by atoms with Crippen LogP contribution >= 0.6 is 0 Å². The van der Waals surface area contributed by atoms with Gasteiger partial charge in [-0.1, -0.05) is 12.1 Å². The van der Waals surface area contributed by atoms with E-state index in [2.05, 4.69) is 4.90 Å². The fourth-order valence-electron chi connectivity index (χ4n) is 3.72. The van der Waals surface area contributed by atoms with Crippen molar-refractivity contribution in [3.8, 4) is 0 Å². The Morgan fingerprint density at radius 3 is 2.08 bits per heavy atom. The lowest BCUT2D eigenvalue weighted by atomic mass is 10.1. The average molecular weight is 362 g/mol. The number of benzene rings is 1. The maximum atomic E-state index is 13.9. The summed E-state index contributed by atoms with van der Waals surface area (Å²) in [5.41, 5.74) is 0.631. The topological polar surface area (TPSA) is 47.1 Å². The van der Waals surface area contributed by atoms with Crippen LogP contribution in [0.2, 0.25) is 0 Å². The van der Waals surface area contributed by atoms with E-state index < -0.39 is 0 Å². The maximum absolute atomic E-state index is 13.9. The molecule has 1 unspecified atom stereocenters. The molecule has 0 saturated carbocycles. The van der Waals surface area contributed by atoms with Gasteiger partial charge in [0.1, 0.15) is 5.82 Å². The molecule has 0 bridgehead atoms. The van der Waals surface area contributed by atoms with Gasteiger partial charge in [0, 0.05) is 59.3 Å².